The van der Waals surface area contributed by atoms with Crippen molar-refractivity contribution in [3.05, 3.63) is 322 Å². The van der Waals surface area contributed by atoms with Crippen LogP contribution in [0.15, 0.2) is 322 Å². The van der Waals surface area contributed by atoms with Crippen molar-refractivity contribution in [2.45, 2.75) is 0 Å². The van der Waals surface area contributed by atoms with Crippen LogP contribution in [-0.2, 0) is 0 Å². The van der Waals surface area contributed by atoms with Gasteiger partial charge in [-0.1, -0.05) is 237 Å². The van der Waals surface area contributed by atoms with Gasteiger partial charge in [-0.2, -0.15) is 0 Å². The molecular formula is C85H53BN8S. The van der Waals surface area contributed by atoms with Gasteiger partial charge in [0.2, 0.25) is 0 Å². The summed E-state index contributed by atoms with van der Waals surface area (Å²) in [6, 6.07) is 115. The minimum atomic E-state index is 0.0742. The number of benzene rings is 13. The zero-order valence-electron chi connectivity index (χ0n) is 51.2. The minimum absolute atomic E-state index is 0.0742. The van der Waals surface area contributed by atoms with Crippen LogP contribution < -0.4 is 26.2 Å². The Morgan fingerprint density at radius 1 is 0.284 bits per heavy atom. The molecule has 2 aliphatic heterocycles. The predicted octanol–water partition coefficient (Wildman–Crippen LogP) is 19.9. The van der Waals surface area contributed by atoms with Crippen molar-refractivity contribution in [2.75, 3.05) is 9.80 Å². The quantitative estimate of drug-likeness (QED) is 0.126. The van der Waals surface area contributed by atoms with E-state index in [0.29, 0.717) is 23.3 Å². The molecule has 0 N–H and O–H groups in total. The van der Waals surface area contributed by atoms with Crippen LogP contribution in [0.5, 0.6) is 0 Å². The van der Waals surface area contributed by atoms with E-state index >= 15 is 0 Å². The van der Waals surface area contributed by atoms with E-state index in [1.54, 1.807) is 0 Å². The van der Waals surface area contributed by atoms with E-state index in [1.807, 2.05) is 53.8 Å². The number of thiophene rings is 1. The molecule has 6 heterocycles. The fourth-order valence-corrected chi connectivity index (χ4v) is 15.8. The zero-order chi connectivity index (χ0) is 62.5. The fraction of sp³-hybridized carbons (Fsp3) is 0. The molecule has 2 aliphatic rings. The average molecular weight is 1230 g/mol. The van der Waals surface area contributed by atoms with Crippen LogP contribution in [0.2, 0.25) is 0 Å². The first kappa shape index (κ1) is 54.4. The molecule has 0 saturated heterocycles. The van der Waals surface area contributed by atoms with Gasteiger partial charge >= 0.3 is 0 Å². The van der Waals surface area contributed by atoms with E-state index in [2.05, 4.69) is 293 Å². The predicted molar refractivity (Wildman–Crippen MR) is 395 cm³/mol. The van der Waals surface area contributed by atoms with Crippen molar-refractivity contribution in [3.63, 3.8) is 0 Å². The highest BCUT2D eigenvalue weighted by Crippen LogP contribution is 2.47. The summed E-state index contributed by atoms with van der Waals surface area (Å²) in [6.07, 6.45) is 0. The molecule has 10 heteroatoms. The maximum Gasteiger partial charge on any atom is 0.252 e. The molecule has 0 atom stereocenters. The van der Waals surface area contributed by atoms with Crippen molar-refractivity contribution in [3.8, 4) is 84.9 Å². The second-order valence-electron chi connectivity index (χ2n) is 24.3. The molecule has 442 valence electrons. The van der Waals surface area contributed by atoms with Crippen LogP contribution in [0.1, 0.15) is 0 Å². The van der Waals surface area contributed by atoms with E-state index in [1.165, 1.54) is 70.1 Å². The Hall–Kier alpha value is -12.4. The Labute approximate surface area is 552 Å². The molecule has 17 aromatic rings. The molecule has 0 saturated carbocycles. The van der Waals surface area contributed by atoms with Crippen molar-refractivity contribution >= 4 is 111 Å². The topological polar surface area (TPSA) is 75.9 Å². The normalized spacial score (nSPS) is 12.4. The molecule has 0 radical (unpaired) electrons. The Morgan fingerprint density at radius 3 is 1.41 bits per heavy atom. The van der Waals surface area contributed by atoms with Gasteiger partial charge in [-0.25, -0.2) is 24.9 Å². The number of para-hydroxylation sites is 4. The summed E-state index contributed by atoms with van der Waals surface area (Å²) in [5, 5.41) is 4.91. The second kappa shape index (κ2) is 22.2. The van der Waals surface area contributed by atoms with Gasteiger partial charge in [-0.3, -0.25) is 0 Å². The maximum atomic E-state index is 5.56. The number of nitrogens with zero attached hydrogens (tertiary/aromatic N) is 8. The summed E-state index contributed by atoms with van der Waals surface area (Å²) in [5.74, 6) is 2.29. The van der Waals surface area contributed by atoms with Gasteiger partial charge in [0.1, 0.15) is 0 Å². The third-order valence-corrected chi connectivity index (χ3v) is 20.1. The Kier molecular flexibility index (Phi) is 12.7. The van der Waals surface area contributed by atoms with Crippen LogP contribution in [0.3, 0.4) is 0 Å². The standard InChI is InChI=1S/C85H53BN8S/c1-5-22-56(23-6-1)69-53-70(88-82(87-69)57-24-7-2-8-25-57)60-46-50-72(94-71-34-17-13-31-65(71)79-75(94)51-49-64-63-30-14-20-39-78(63)95-81(64)79)66(52-60)85-90-83(58-26-9-3-10-27-58)89-84(91-85)59-42-40-54(41-43-59)55-44-47-62(48-45-55)93-74-36-19-16-33-68(74)86-67-32-15-18-35-73(67)92(61-28-11-4-12-29-61)76-37-21-38-77(93)80(76)86/h1-53H. The molecule has 0 amide bonds. The molecule has 0 fully saturated rings. The highest BCUT2D eigenvalue weighted by atomic mass is 32.1. The van der Waals surface area contributed by atoms with Crippen molar-refractivity contribution < 1.29 is 0 Å². The number of fused-ring (bicyclic) bond motifs is 11. The van der Waals surface area contributed by atoms with Crippen LogP contribution in [0, 0.1) is 0 Å². The minimum Gasteiger partial charge on any atom is -0.311 e. The van der Waals surface area contributed by atoms with Gasteiger partial charge in [0, 0.05) is 98.4 Å². The molecule has 0 bridgehead atoms. The van der Waals surface area contributed by atoms with Crippen LogP contribution in [0.25, 0.3) is 127 Å². The first-order valence-electron chi connectivity index (χ1n) is 32.1. The van der Waals surface area contributed by atoms with Crippen molar-refractivity contribution in [2.24, 2.45) is 0 Å². The van der Waals surface area contributed by atoms with Crippen molar-refractivity contribution in [1.82, 2.24) is 29.5 Å². The van der Waals surface area contributed by atoms with E-state index < -0.39 is 0 Å². The third kappa shape index (κ3) is 9.02. The maximum absolute atomic E-state index is 5.56. The first-order chi connectivity index (χ1) is 47.1. The molecule has 95 heavy (non-hydrogen) atoms. The number of aromatic nitrogens is 6. The Balaban J connectivity index is 0.748. The summed E-state index contributed by atoms with van der Waals surface area (Å²) >= 11 is 1.85. The van der Waals surface area contributed by atoms with Gasteiger partial charge in [0.15, 0.2) is 23.3 Å². The lowest BCUT2D eigenvalue weighted by Gasteiger charge is -2.44. The monoisotopic (exact) mass is 1230 g/mol. The SMILES string of the molecule is c1ccc(-c2cc(-c3ccc(-n4c5ccccc5c5c6sc7ccccc7c6ccc54)c(-c4nc(-c5ccccc5)nc(-c5ccc(-c6ccc(N7c8ccccc8B8c9ccccc9N(c9ccccc9)c9cccc7c98)cc6)cc5)n4)c3)nc(-c3ccccc3)n2)cc1. The largest absolute Gasteiger partial charge is 0.311 e. The molecule has 0 aliphatic carbocycles. The van der Waals surface area contributed by atoms with E-state index in [9.17, 15) is 0 Å². The summed E-state index contributed by atoms with van der Waals surface area (Å²) in [7, 11) is 0. The van der Waals surface area contributed by atoms with Gasteiger partial charge in [-0.15, -0.1) is 11.3 Å². The van der Waals surface area contributed by atoms with Gasteiger partial charge in [0.25, 0.3) is 6.71 Å². The highest BCUT2D eigenvalue weighted by molar-refractivity contribution is 7.26. The van der Waals surface area contributed by atoms with E-state index in [-0.39, 0.29) is 6.71 Å². The molecule has 0 spiro atoms. The molecule has 0 unspecified atom stereocenters. The second-order valence-corrected chi connectivity index (χ2v) is 25.3. The van der Waals surface area contributed by atoms with Gasteiger partial charge < -0.3 is 14.4 Å². The summed E-state index contributed by atoms with van der Waals surface area (Å²) in [5.41, 5.74) is 23.1. The molecule has 19 rings (SSSR count). The highest BCUT2D eigenvalue weighted by Gasteiger charge is 2.43. The fourth-order valence-electron chi connectivity index (χ4n) is 14.6. The van der Waals surface area contributed by atoms with Crippen LogP contribution in [0.4, 0.5) is 34.1 Å². The smallest absolute Gasteiger partial charge is 0.252 e. The number of anilines is 6. The van der Waals surface area contributed by atoms with Crippen LogP contribution >= 0.6 is 11.3 Å². The number of hydrogen-bond donors (Lipinski definition) is 0. The molecule has 8 nitrogen and oxygen atoms in total. The van der Waals surface area contributed by atoms with E-state index in [4.69, 9.17) is 24.9 Å². The molecular weight excluding hydrogens is 1180 g/mol. The molecule has 13 aromatic carbocycles. The first-order valence-corrected chi connectivity index (χ1v) is 32.9. The summed E-state index contributed by atoms with van der Waals surface area (Å²) in [6.45, 7) is 0.0742. The Morgan fingerprint density at radius 2 is 0.758 bits per heavy atom. The lowest BCUT2D eigenvalue weighted by molar-refractivity contribution is 1.06. The lowest BCUT2D eigenvalue weighted by Crippen LogP contribution is -2.61. The number of rotatable bonds is 10. The Bertz CT molecular complexity index is 5800. The summed E-state index contributed by atoms with van der Waals surface area (Å²) < 4.78 is 4.92. The van der Waals surface area contributed by atoms with Gasteiger partial charge in [0.05, 0.1) is 28.1 Å². The zero-order valence-corrected chi connectivity index (χ0v) is 52.0. The lowest BCUT2D eigenvalue weighted by atomic mass is 9.33. The summed E-state index contributed by atoms with van der Waals surface area (Å²) in [4.78, 5) is 31.8. The van der Waals surface area contributed by atoms with E-state index in [0.717, 1.165) is 84.0 Å². The van der Waals surface area contributed by atoms with Gasteiger partial charge in [-0.05, 0) is 112 Å². The molecule has 4 aromatic heterocycles. The third-order valence-electron chi connectivity index (χ3n) is 18.9. The van der Waals surface area contributed by atoms with Crippen molar-refractivity contribution in [1.29, 1.82) is 0 Å². The number of hydrogen-bond acceptors (Lipinski definition) is 8. The van der Waals surface area contributed by atoms with Crippen LogP contribution in [-0.4, -0.2) is 36.2 Å². The average Bonchev–Trinajstić information content (AvgIpc) is 1.41.